The van der Waals surface area contributed by atoms with Crippen molar-refractivity contribution in [1.29, 1.82) is 0 Å². The van der Waals surface area contributed by atoms with E-state index in [-0.39, 0.29) is 18.8 Å². The predicted octanol–water partition coefficient (Wildman–Crippen LogP) is 3.84. The van der Waals surface area contributed by atoms with Crippen LogP contribution in [0.5, 0.6) is 0 Å². The van der Waals surface area contributed by atoms with Gasteiger partial charge < -0.3 is 29.6 Å². The van der Waals surface area contributed by atoms with Crippen molar-refractivity contribution in [3.63, 3.8) is 0 Å². The molecule has 0 saturated carbocycles. The van der Waals surface area contributed by atoms with Gasteiger partial charge in [0.05, 0.1) is 4.92 Å². The van der Waals surface area contributed by atoms with Gasteiger partial charge in [0.2, 0.25) is 5.82 Å². The van der Waals surface area contributed by atoms with Crippen LogP contribution in [0.1, 0.15) is 53.5 Å². The number of nitrogens with zero attached hydrogens (tertiary/aromatic N) is 7. The van der Waals surface area contributed by atoms with Gasteiger partial charge in [-0.15, -0.1) is 0 Å². The van der Waals surface area contributed by atoms with Crippen molar-refractivity contribution in [2.75, 3.05) is 31.5 Å². The van der Waals surface area contributed by atoms with Crippen molar-refractivity contribution in [3.05, 3.63) is 112 Å². The molecule has 17 nitrogen and oxygen atoms in total. The van der Waals surface area contributed by atoms with Crippen molar-refractivity contribution < 1.29 is 36.6 Å². The fourth-order valence-corrected chi connectivity index (χ4v) is 6.67. The third-order valence-corrected chi connectivity index (χ3v) is 10.6. The van der Waals surface area contributed by atoms with Gasteiger partial charge >= 0.3 is 81.9 Å². The number of carbonyl (C=O) groups is 1. The van der Waals surface area contributed by atoms with Gasteiger partial charge in [0, 0.05) is 40.7 Å². The van der Waals surface area contributed by atoms with E-state index in [9.17, 15) is 25.0 Å². The Morgan fingerprint density at radius 3 is 1.72 bits per heavy atom. The topological polar surface area (TPSA) is 231 Å². The Bertz CT molecular complexity index is 2380. The fraction of sp³-hybridized carbons (Fsp3) is 0.368. The molecule has 23 heteroatoms. The summed E-state index contributed by atoms with van der Waals surface area (Å²) >= 11 is 2.89. The molecule has 0 amide bonds. The van der Waals surface area contributed by atoms with E-state index in [0.29, 0.717) is 11.9 Å². The van der Waals surface area contributed by atoms with Crippen LogP contribution in [0.2, 0.25) is 13.6 Å². The van der Waals surface area contributed by atoms with Crippen LogP contribution in [0.15, 0.2) is 84.9 Å². The summed E-state index contributed by atoms with van der Waals surface area (Å²) in [5.41, 5.74) is 5.53. The van der Waals surface area contributed by atoms with E-state index >= 15 is 0 Å². The molecule has 0 aliphatic carbocycles. The van der Waals surface area contributed by atoms with E-state index in [1.807, 2.05) is 67.9 Å². The third kappa shape index (κ3) is 16.7. The number of nitro groups is 1. The molecule has 0 spiro atoms. The minimum absolute atomic E-state index is 0.00792. The number of aromatic nitrogens is 4. The van der Waals surface area contributed by atoms with Crippen molar-refractivity contribution in [2.24, 2.45) is 0 Å². The molecule has 0 radical (unpaired) electrons. The number of aryl methyl sites for hydroxylation is 2. The third-order valence-electron chi connectivity index (χ3n) is 9.76. The van der Waals surface area contributed by atoms with E-state index in [0.717, 1.165) is 97.7 Å². The van der Waals surface area contributed by atoms with Crippen LogP contribution in [0, 0.1) is 24.0 Å². The first-order valence-electron chi connectivity index (χ1n) is 20.0. The van der Waals surface area contributed by atoms with Crippen molar-refractivity contribution in [1.82, 2.24) is 29.1 Å². The first-order chi connectivity index (χ1) is 29.2. The summed E-state index contributed by atoms with van der Waals surface area (Å²) in [6, 6.07) is 27.1. The Morgan fingerprint density at radius 2 is 1.25 bits per heavy atom. The normalized spacial score (nSPS) is 14.3. The summed E-state index contributed by atoms with van der Waals surface area (Å²) in [4.78, 5) is 38.6. The molecule has 61 heavy (non-hydrogen) atoms. The first-order valence-corrected chi connectivity index (χ1v) is 30.7. The summed E-state index contributed by atoms with van der Waals surface area (Å²) in [5, 5.41) is 33.5. The molecule has 5 aromatic rings. The van der Waals surface area contributed by atoms with Gasteiger partial charge in [-0.3, -0.25) is 14.9 Å². The van der Waals surface area contributed by atoms with Crippen LogP contribution in [0.25, 0.3) is 22.6 Å². The average Bonchev–Trinajstić information content (AvgIpc) is 3.64. The van der Waals surface area contributed by atoms with Crippen molar-refractivity contribution in [3.8, 4) is 11.4 Å². The number of nitrogens with one attached hydrogen (secondary N) is 1. The van der Waals surface area contributed by atoms with Gasteiger partial charge in [0.1, 0.15) is 17.6 Å². The monoisotopic (exact) mass is 892 g/mol. The molecule has 2 fully saturated rings. The zero-order chi connectivity index (χ0) is 45.1. The van der Waals surface area contributed by atoms with Crippen LogP contribution < -0.4 is 5.32 Å². The van der Waals surface area contributed by atoms with Crippen LogP contribution in [-0.2, 0) is 18.5 Å². The molecule has 314 valence electrons. The molecule has 7 rings (SSSR count). The van der Waals surface area contributed by atoms with E-state index in [2.05, 4.69) is 37.9 Å². The fourth-order valence-electron chi connectivity index (χ4n) is 6.67. The van der Waals surface area contributed by atoms with E-state index in [1.54, 1.807) is 25.0 Å². The summed E-state index contributed by atoms with van der Waals surface area (Å²) in [6.07, 6.45) is 4.48. The van der Waals surface area contributed by atoms with Crippen LogP contribution in [0.4, 0.5) is 11.5 Å². The number of imidazole rings is 1. The number of anilines is 1. The summed E-state index contributed by atoms with van der Waals surface area (Å²) < 4.78 is 38.7. The molecule has 0 unspecified atom stereocenters. The second kappa shape index (κ2) is 27.0. The molecule has 5 heterocycles. The Balaban J connectivity index is 0.000000244. The van der Waals surface area contributed by atoms with Crippen LogP contribution in [-0.4, -0.2) is 157 Å². The average molecular weight is 893 g/mol. The second-order valence-corrected chi connectivity index (χ2v) is 16.4. The molecule has 2 saturated heterocycles. The number of piperidine rings is 2. The SMILES string of the molecule is CB(O)N1CCC(Nc2nc(C)ccc2[N+](=O)[O-])CC1.CB(O)N1CCC(n2c(-c3ccccc3)nc3ccc(C)nc32)CC1.O=Cc1ccccc1.O=S(=O)=S(=O)=O.[Na][Na]. The predicted molar refractivity (Wildman–Crippen MR) is 240 cm³/mol. The molecule has 0 bridgehead atoms. The number of hydrogen-bond acceptors (Lipinski definition) is 15. The Labute approximate surface area is 387 Å². The Hall–Kier alpha value is -3.31. The maximum absolute atomic E-state index is 11.0. The number of pyridine rings is 2. The van der Waals surface area contributed by atoms with E-state index < -0.39 is 30.5 Å². The van der Waals surface area contributed by atoms with Crippen molar-refractivity contribution in [2.45, 2.75) is 65.3 Å². The molecule has 3 aromatic heterocycles. The quantitative estimate of drug-likeness (QED) is 0.0870. The van der Waals surface area contributed by atoms with E-state index in [1.165, 1.54) is 49.7 Å². The molecular weight excluding hydrogens is 844 g/mol. The van der Waals surface area contributed by atoms with E-state index in [4.69, 9.17) is 26.8 Å². The maximum atomic E-state index is 11.0. The number of hydrogen-bond donors (Lipinski definition) is 3. The van der Waals surface area contributed by atoms with Crippen LogP contribution in [0.3, 0.4) is 0 Å². The number of benzene rings is 2. The number of carbonyl (C=O) groups excluding carboxylic acids is 1. The molecule has 2 aliphatic heterocycles. The molecular formula is C38H48B2N8Na2O9S2. The zero-order valence-corrected chi connectivity index (χ0v) is 41.0. The van der Waals surface area contributed by atoms with Gasteiger partial charge in [0.15, 0.2) is 5.65 Å². The summed E-state index contributed by atoms with van der Waals surface area (Å²) in [7, 11) is -6.72. The molecule has 3 N–H and O–H groups in total. The molecule has 2 aromatic carbocycles. The van der Waals surface area contributed by atoms with Gasteiger partial charge in [-0.1, -0.05) is 60.7 Å². The van der Waals surface area contributed by atoms with Crippen molar-refractivity contribution >= 4 is 105 Å². The minimum atomic E-state index is -2.95. The molecule has 2 aliphatic rings. The number of rotatable bonds is 8. The zero-order valence-electron chi connectivity index (χ0n) is 35.3. The van der Waals surface area contributed by atoms with Gasteiger partial charge in [-0.05, 0) is 97.6 Å². The molecule has 0 atom stereocenters. The number of aldehydes is 1. The number of fused-ring (bicyclic) bond motifs is 1. The van der Waals surface area contributed by atoms with Gasteiger partial charge in [0.25, 0.3) is 0 Å². The van der Waals surface area contributed by atoms with Crippen LogP contribution >= 0.6 is 0 Å². The Kier molecular flexibility index (Phi) is 23.0. The summed E-state index contributed by atoms with van der Waals surface area (Å²) in [5.74, 6) is 1.33. The second-order valence-electron chi connectivity index (χ2n) is 14.0. The summed E-state index contributed by atoms with van der Waals surface area (Å²) in [6.45, 7) is 10.8. The standard InChI is InChI=1S/C19H23BN4O.C12H19BN4O3.C7H6O.2Na.O4S2/c1-14-8-9-17-19(21-14)24(16-10-12-23(13-11-16)20(2)25)18(22-17)15-6-4-3-5-7-15;1-9-3-4-11(17(19)20)12(14-9)15-10-5-7-16(8-6-10)13(2)18;8-6-7-4-2-1-3-5-7;;;1-5(2)6(3)4/h3-9,16,25H,10-13H2,1-2H3;3-4,10,18H,5-8H2,1-2H3,(H,14,15);1-6H;;;. The first kappa shape index (κ1) is 52.0. The van der Waals surface area contributed by atoms with Gasteiger partial charge in [-0.2, -0.15) is 16.8 Å². The van der Waals surface area contributed by atoms with Gasteiger partial charge in [-0.25, -0.2) is 15.0 Å². The Morgan fingerprint density at radius 1 is 0.754 bits per heavy atom.